The van der Waals surface area contributed by atoms with E-state index >= 15 is 0 Å². The topological polar surface area (TPSA) is 40.5 Å². The van der Waals surface area contributed by atoms with Crippen molar-refractivity contribution in [2.45, 2.75) is 64.7 Å². The molecule has 0 atom stereocenters. The Morgan fingerprint density at radius 1 is 1.05 bits per heavy atom. The molecule has 0 saturated carbocycles. The van der Waals surface area contributed by atoms with E-state index in [-0.39, 0.29) is 5.91 Å². The van der Waals surface area contributed by atoms with Gasteiger partial charge >= 0.3 is 0 Å². The van der Waals surface area contributed by atoms with E-state index in [1.807, 2.05) is 12.1 Å². The molecule has 0 spiro atoms. The number of benzene rings is 1. The Morgan fingerprint density at radius 2 is 1.67 bits per heavy atom. The number of hydrogen-bond donors (Lipinski definition) is 1. The van der Waals surface area contributed by atoms with E-state index in [0.29, 0.717) is 10.6 Å². The van der Waals surface area contributed by atoms with E-state index in [1.165, 1.54) is 64.0 Å². The standard InChI is InChI=1S/C18H29NO2/c1-3-4-5-6-7-8-9-10-12-16-13-11-14-17(15-16)18(20)19(2)21/h11,13-15,21H,3-10,12H2,1-2H3. The van der Waals surface area contributed by atoms with Gasteiger partial charge in [0.05, 0.1) is 0 Å². The number of carbonyl (C=O) groups excluding carboxylic acids is 1. The number of hydrogen-bond acceptors (Lipinski definition) is 2. The van der Waals surface area contributed by atoms with Crippen LogP contribution < -0.4 is 0 Å². The molecule has 3 heteroatoms. The van der Waals surface area contributed by atoms with Gasteiger partial charge in [0.25, 0.3) is 5.91 Å². The largest absolute Gasteiger partial charge is 0.286 e. The van der Waals surface area contributed by atoms with E-state index in [0.717, 1.165) is 6.42 Å². The zero-order valence-corrected chi connectivity index (χ0v) is 13.5. The maximum Gasteiger partial charge on any atom is 0.276 e. The third kappa shape index (κ3) is 7.28. The molecule has 0 bridgehead atoms. The van der Waals surface area contributed by atoms with Crippen molar-refractivity contribution in [2.24, 2.45) is 0 Å². The quantitative estimate of drug-likeness (QED) is 0.381. The van der Waals surface area contributed by atoms with Crippen LogP contribution in [0.4, 0.5) is 0 Å². The summed E-state index contributed by atoms with van der Waals surface area (Å²) in [5, 5.41) is 9.82. The zero-order chi connectivity index (χ0) is 15.5. The van der Waals surface area contributed by atoms with Crippen LogP contribution in [0, 0.1) is 0 Å². The van der Waals surface area contributed by atoms with E-state index in [2.05, 4.69) is 13.0 Å². The minimum Gasteiger partial charge on any atom is -0.286 e. The number of hydroxylamine groups is 2. The second kappa shape index (κ2) is 10.4. The molecule has 0 aromatic heterocycles. The Balaban J connectivity index is 2.23. The number of rotatable bonds is 10. The predicted octanol–water partition coefficient (Wildman–Crippen LogP) is 4.83. The van der Waals surface area contributed by atoms with Crippen LogP contribution in [0.3, 0.4) is 0 Å². The molecule has 118 valence electrons. The third-order valence-electron chi connectivity index (χ3n) is 3.79. The molecule has 0 aliphatic rings. The number of carbonyl (C=O) groups is 1. The van der Waals surface area contributed by atoms with Crippen LogP contribution in [-0.2, 0) is 6.42 Å². The lowest BCUT2D eigenvalue weighted by Gasteiger charge is -2.09. The Bertz CT molecular complexity index is 415. The highest BCUT2D eigenvalue weighted by Gasteiger charge is 2.09. The lowest BCUT2D eigenvalue weighted by Crippen LogP contribution is -2.22. The summed E-state index contributed by atoms with van der Waals surface area (Å²) in [6, 6.07) is 7.56. The number of aryl methyl sites for hydroxylation is 1. The average Bonchev–Trinajstić information content (AvgIpc) is 2.49. The van der Waals surface area contributed by atoms with Crippen LogP contribution >= 0.6 is 0 Å². The minimum absolute atomic E-state index is 0.354. The maximum absolute atomic E-state index is 11.7. The van der Waals surface area contributed by atoms with Gasteiger partial charge in [-0.25, -0.2) is 5.06 Å². The summed E-state index contributed by atoms with van der Waals surface area (Å²) >= 11 is 0. The molecule has 0 heterocycles. The van der Waals surface area contributed by atoms with Gasteiger partial charge in [-0.15, -0.1) is 0 Å². The first kappa shape index (κ1) is 17.7. The molecule has 1 amide bonds. The monoisotopic (exact) mass is 291 g/mol. The Morgan fingerprint density at radius 3 is 2.29 bits per heavy atom. The fraction of sp³-hybridized carbons (Fsp3) is 0.611. The Labute approximate surface area is 128 Å². The third-order valence-corrected chi connectivity index (χ3v) is 3.79. The van der Waals surface area contributed by atoms with Crippen LogP contribution in [-0.4, -0.2) is 23.2 Å². The normalized spacial score (nSPS) is 10.6. The first-order valence-electron chi connectivity index (χ1n) is 8.21. The van der Waals surface area contributed by atoms with Gasteiger partial charge in [0.15, 0.2) is 0 Å². The van der Waals surface area contributed by atoms with Crippen molar-refractivity contribution in [3.63, 3.8) is 0 Å². The van der Waals surface area contributed by atoms with Crippen molar-refractivity contribution in [2.75, 3.05) is 7.05 Å². The highest BCUT2D eigenvalue weighted by atomic mass is 16.5. The lowest BCUT2D eigenvalue weighted by molar-refractivity contribution is -0.0375. The fourth-order valence-corrected chi connectivity index (χ4v) is 2.51. The molecule has 1 aromatic carbocycles. The molecule has 0 radical (unpaired) electrons. The van der Waals surface area contributed by atoms with Crippen molar-refractivity contribution in [3.8, 4) is 0 Å². The average molecular weight is 291 g/mol. The van der Waals surface area contributed by atoms with Crippen molar-refractivity contribution in [1.82, 2.24) is 5.06 Å². The first-order chi connectivity index (χ1) is 10.1. The lowest BCUT2D eigenvalue weighted by atomic mass is 10.0. The van der Waals surface area contributed by atoms with Crippen molar-refractivity contribution >= 4 is 5.91 Å². The molecular formula is C18H29NO2. The molecule has 0 aliphatic heterocycles. The predicted molar refractivity (Wildman–Crippen MR) is 86.6 cm³/mol. The van der Waals surface area contributed by atoms with E-state index < -0.39 is 0 Å². The molecule has 0 saturated heterocycles. The Hall–Kier alpha value is -1.35. The van der Waals surface area contributed by atoms with Gasteiger partial charge in [0.2, 0.25) is 0 Å². The summed E-state index contributed by atoms with van der Waals surface area (Å²) in [6.07, 6.45) is 11.5. The van der Waals surface area contributed by atoms with Crippen LogP contribution in [0.2, 0.25) is 0 Å². The summed E-state index contributed by atoms with van der Waals surface area (Å²) in [5.41, 5.74) is 1.73. The van der Waals surface area contributed by atoms with Crippen LogP contribution in [0.15, 0.2) is 24.3 Å². The highest BCUT2D eigenvalue weighted by molar-refractivity contribution is 5.93. The number of nitrogens with zero attached hydrogens (tertiary/aromatic N) is 1. The maximum atomic E-state index is 11.7. The van der Waals surface area contributed by atoms with Crippen molar-refractivity contribution < 1.29 is 10.0 Å². The molecule has 3 nitrogen and oxygen atoms in total. The van der Waals surface area contributed by atoms with Crippen molar-refractivity contribution in [1.29, 1.82) is 0 Å². The van der Waals surface area contributed by atoms with Crippen molar-refractivity contribution in [3.05, 3.63) is 35.4 Å². The van der Waals surface area contributed by atoms with Crippen LogP contribution in [0.5, 0.6) is 0 Å². The first-order valence-corrected chi connectivity index (χ1v) is 8.21. The molecule has 0 fully saturated rings. The number of unbranched alkanes of at least 4 members (excludes halogenated alkanes) is 7. The van der Waals surface area contributed by atoms with E-state index in [4.69, 9.17) is 0 Å². The summed E-state index contributed by atoms with van der Waals surface area (Å²) in [5.74, 6) is -0.354. The van der Waals surface area contributed by atoms with Gasteiger partial charge in [0.1, 0.15) is 0 Å². The fourth-order valence-electron chi connectivity index (χ4n) is 2.51. The van der Waals surface area contributed by atoms with E-state index in [9.17, 15) is 10.0 Å². The minimum atomic E-state index is -0.354. The van der Waals surface area contributed by atoms with Gasteiger partial charge in [-0.1, -0.05) is 64.0 Å². The second-order valence-corrected chi connectivity index (χ2v) is 5.75. The van der Waals surface area contributed by atoms with Gasteiger partial charge in [0, 0.05) is 12.6 Å². The zero-order valence-electron chi connectivity index (χ0n) is 13.5. The van der Waals surface area contributed by atoms with Gasteiger partial charge in [-0.05, 0) is 30.5 Å². The Kier molecular flexibility index (Phi) is 8.76. The van der Waals surface area contributed by atoms with Gasteiger partial charge < -0.3 is 0 Å². The molecule has 1 aromatic rings. The van der Waals surface area contributed by atoms with Crippen LogP contribution in [0.25, 0.3) is 0 Å². The van der Waals surface area contributed by atoms with Gasteiger partial charge in [-0.3, -0.25) is 10.0 Å². The molecule has 0 aliphatic carbocycles. The molecular weight excluding hydrogens is 262 g/mol. The summed E-state index contributed by atoms with van der Waals surface area (Å²) in [6.45, 7) is 2.24. The summed E-state index contributed by atoms with van der Waals surface area (Å²) in [4.78, 5) is 11.7. The summed E-state index contributed by atoms with van der Waals surface area (Å²) in [7, 11) is 1.35. The van der Waals surface area contributed by atoms with Gasteiger partial charge in [-0.2, -0.15) is 0 Å². The molecule has 0 unspecified atom stereocenters. The smallest absolute Gasteiger partial charge is 0.276 e. The molecule has 1 N–H and O–H groups in total. The summed E-state index contributed by atoms with van der Waals surface area (Å²) < 4.78 is 0. The van der Waals surface area contributed by atoms with Crippen LogP contribution in [0.1, 0.15) is 74.2 Å². The second-order valence-electron chi connectivity index (χ2n) is 5.75. The van der Waals surface area contributed by atoms with E-state index in [1.54, 1.807) is 6.07 Å². The highest BCUT2D eigenvalue weighted by Crippen LogP contribution is 2.13. The number of amides is 1. The SMILES string of the molecule is CCCCCCCCCCc1cccc(C(=O)N(C)O)c1. The molecule has 1 rings (SSSR count). The molecule has 21 heavy (non-hydrogen) atoms.